The summed E-state index contributed by atoms with van der Waals surface area (Å²) < 4.78 is 0. The van der Waals surface area contributed by atoms with Crippen LogP contribution in [0.2, 0.25) is 0 Å². The summed E-state index contributed by atoms with van der Waals surface area (Å²) >= 11 is 0. The number of hydrogen-bond acceptors (Lipinski definition) is 1. The quantitative estimate of drug-likeness (QED) is 0.768. The van der Waals surface area contributed by atoms with E-state index < -0.39 is 0 Å². The summed E-state index contributed by atoms with van der Waals surface area (Å²) in [5.41, 5.74) is 2.68. The van der Waals surface area contributed by atoms with E-state index in [4.69, 9.17) is 0 Å². The number of benzene rings is 1. The molecule has 1 fully saturated rings. The Morgan fingerprint density at radius 3 is 3.00 bits per heavy atom. The molecule has 2 nitrogen and oxygen atoms in total. The summed E-state index contributed by atoms with van der Waals surface area (Å²) in [7, 11) is 0. The maximum absolute atomic E-state index is 11.5. The molecule has 0 spiro atoms. The van der Waals surface area contributed by atoms with Crippen LogP contribution in [-0.4, -0.2) is 23.9 Å². The summed E-state index contributed by atoms with van der Waals surface area (Å²) in [4.78, 5) is 13.4. The maximum atomic E-state index is 11.5. The van der Waals surface area contributed by atoms with Crippen molar-refractivity contribution in [3.63, 3.8) is 0 Å². The first-order chi connectivity index (χ1) is 8.19. The Balaban J connectivity index is 0.00000162. The summed E-state index contributed by atoms with van der Waals surface area (Å²) in [5.74, 6) is 0.664. The van der Waals surface area contributed by atoms with Gasteiger partial charge in [0, 0.05) is 13.1 Å². The second kappa shape index (κ2) is 6.64. The molecule has 3 heteroatoms. The van der Waals surface area contributed by atoms with Gasteiger partial charge in [-0.1, -0.05) is 36.4 Å². The second-order valence-electron chi connectivity index (χ2n) is 4.84. The monoisotopic (exact) mass is 263 g/mol. The van der Waals surface area contributed by atoms with Crippen molar-refractivity contribution in [1.82, 2.24) is 4.90 Å². The van der Waals surface area contributed by atoms with Gasteiger partial charge in [0.1, 0.15) is 0 Å². The Kier molecular flexibility index (Phi) is 5.48. The largest absolute Gasteiger partial charge is 0.339 e. The number of nitrogens with zero attached hydrogens (tertiary/aromatic N) is 1. The van der Waals surface area contributed by atoms with Gasteiger partial charge in [-0.3, -0.25) is 4.79 Å². The van der Waals surface area contributed by atoms with E-state index in [-0.39, 0.29) is 19.4 Å². The van der Waals surface area contributed by atoms with Crippen molar-refractivity contribution in [2.24, 2.45) is 5.92 Å². The van der Waals surface area contributed by atoms with Crippen molar-refractivity contribution in [2.45, 2.75) is 19.8 Å². The lowest BCUT2D eigenvalue weighted by Crippen LogP contribution is -2.26. The van der Waals surface area contributed by atoms with Crippen LogP contribution < -0.4 is 0 Å². The van der Waals surface area contributed by atoms with Gasteiger partial charge in [-0.15, -0.1) is 0 Å². The molecule has 0 radical (unpaired) electrons. The van der Waals surface area contributed by atoms with Crippen LogP contribution >= 0.6 is 13.5 Å². The normalized spacial score (nSPS) is 18.3. The number of carbonyl (C=O) groups is 1. The molecular formula is C15H21NOS. The van der Waals surface area contributed by atoms with Gasteiger partial charge in [-0.05, 0) is 37.3 Å². The predicted molar refractivity (Wildman–Crippen MR) is 80.1 cm³/mol. The summed E-state index contributed by atoms with van der Waals surface area (Å²) in [6.45, 7) is 7.40. The van der Waals surface area contributed by atoms with E-state index in [0.717, 1.165) is 25.9 Å². The van der Waals surface area contributed by atoms with Gasteiger partial charge >= 0.3 is 0 Å². The molecule has 18 heavy (non-hydrogen) atoms. The number of amides is 1. The molecule has 0 bridgehead atoms. The first-order valence-electron chi connectivity index (χ1n) is 6.16. The second-order valence-corrected chi connectivity index (χ2v) is 4.84. The standard InChI is InChI=1S/C15H19NO.H2S/c1-3-15(17)16-8-7-14(11-16)10-13-6-4-5-12(2)9-13;/h3-6,9,14H,1,7-8,10-11H2,2H3;1H2/t14-;/m1./s1. The third-order valence-electron chi connectivity index (χ3n) is 3.38. The fraction of sp³-hybridized carbons (Fsp3) is 0.400. The molecule has 1 aromatic carbocycles. The van der Waals surface area contributed by atoms with E-state index in [9.17, 15) is 4.79 Å². The van der Waals surface area contributed by atoms with Gasteiger partial charge in [0.05, 0.1) is 0 Å². The van der Waals surface area contributed by atoms with Gasteiger partial charge in [-0.2, -0.15) is 13.5 Å². The predicted octanol–water partition coefficient (Wildman–Crippen LogP) is 2.68. The molecule has 0 unspecified atom stereocenters. The molecule has 1 heterocycles. The Morgan fingerprint density at radius 1 is 1.56 bits per heavy atom. The number of likely N-dealkylation sites (tertiary alicyclic amines) is 1. The lowest BCUT2D eigenvalue weighted by atomic mass is 9.98. The molecule has 1 aliphatic heterocycles. The Labute approximate surface area is 116 Å². The molecule has 1 aliphatic rings. The zero-order valence-electron chi connectivity index (χ0n) is 10.9. The van der Waals surface area contributed by atoms with Gasteiger partial charge in [-0.25, -0.2) is 0 Å². The fourth-order valence-electron chi connectivity index (χ4n) is 2.50. The minimum Gasteiger partial charge on any atom is -0.339 e. The maximum Gasteiger partial charge on any atom is 0.245 e. The van der Waals surface area contributed by atoms with Gasteiger partial charge in [0.25, 0.3) is 0 Å². The Bertz CT molecular complexity index is 430. The highest BCUT2D eigenvalue weighted by atomic mass is 32.1. The molecule has 98 valence electrons. The fourth-order valence-corrected chi connectivity index (χ4v) is 2.50. The van der Waals surface area contributed by atoms with Crippen molar-refractivity contribution < 1.29 is 4.79 Å². The average molecular weight is 263 g/mol. The lowest BCUT2D eigenvalue weighted by Gasteiger charge is -2.14. The van der Waals surface area contributed by atoms with Crippen LogP contribution in [0.3, 0.4) is 0 Å². The van der Waals surface area contributed by atoms with Crippen LogP contribution in [0.1, 0.15) is 17.5 Å². The van der Waals surface area contributed by atoms with Crippen LogP contribution in [0.25, 0.3) is 0 Å². The molecule has 0 N–H and O–H groups in total. The first-order valence-corrected chi connectivity index (χ1v) is 6.16. The first kappa shape index (κ1) is 14.8. The SMILES string of the molecule is C=CC(=O)N1CC[C@H](Cc2cccc(C)c2)C1.S. The summed E-state index contributed by atoms with van der Waals surface area (Å²) in [5, 5.41) is 0. The van der Waals surface area contributed by atoms with E-state index in [2.05, 4.69) is 37.8 Å². The molecule has 1 atom stereocenters. The highest BCUT2D eigenvalue weighted by molar-refractivity contribution is 7.59. The smallest absolute Gasteiger partial charge is 0.245 e. The highest BCUT2D eigenvalue weighted by Crippen LogP contribution is 2.21. The average Bonchev–Trinajstić information content (AvgIpc) is 2.76. The van der Waals surface area contributed by atoms with Gasteiger partial charge in [0.15, 0.2) is 0 Å². The Morgan fingerprint density at radius 2 is 2.33 bits per heavy atom. The van der Waals surface area contributed by atoms with Gasteiger partial charge in [0.2, 0.25) is 5.91 Å². The molecule has 1 amide bonds. The van der Waals surface area contributed by atoms with E-state index in [1.807, 2.05) is 4.90 Å². The lowest BCUT2D eigenvalue weighted by molar-refractivity contribution is -0.125. The van der Waals surface area contributed by atoms with Crippen molar-refractivity contribution in [3.05, 3.63) is 48.0 Å². The molecule has 0 aromatic heterocycles. The third-order valence-corrected chi connectivity index (χ3v) is 3.38. The van der Waals surface area contributed by atoms with Crippen LogP contribution in [0.4, 0.5) is 0 Å². The van der Waals surface area contributed by atoms with Gasteiger partial charge < -0.3 is 4.90 Å². The molecular weight excluding hydrogens is 242 g/mol. The van der Waals surface area contributed by atoms with E-state index in [1.165, 1.54) is 17.2 Å². The molecule has 0 aliphatic carbocycles. The van der Waals surface area contributed by atoms with Crippen LogP contribution in [0.5, 0.6) is 0 Å². The van der Waals surface area contributed by atoms with Crippen molar-refractivity contribution in [2.75, 3.05) is 13.1 Å². The third kappa shape index (κ3) is 3.64. The topological polar surface area (TPSA) is 20.3 Å². The zero-order valence-corrected chi connectivity index (χ0v) is 11.9. The van der Waals surface area contributed by atoms with Crippen molar-refractivity contribution >= 4 is 19.4 Å². The number of rotatable bonds is 3. The molecule has 1 aromatic rings. The van der Waals surface area contributed by atoms with E-state index in [0.29, 0.717) is 5.92 Å². The van der Waals surface area contributed by atoms with Crippen LogP contribution in [0, 0.1) is 12.8 Å². The van der Waals surface area contributed by atoms with E-state index in [1.54, 1.807) is 0 Å². The molecule has 0 saturated carbocycles. The minimum absolute atomic E-state index is 0. The van der Waals surface area contributed by atoms with Crippen molar-refractivity contribution in [3.8, 4) is 0 Å². The van der Waals surface area contributed by atoms with E-state index >= 15 is 0 Å². The molecule has 1 saturated heterocycles. The molecule has 2 rings (SSSR count). The highest BCUT2D eigenvalue weighted by Gasteiger charge is 2.24. The number of aryl methyl sites for hydroxylation is 1. The minimum atomic E-state index is 0. The Hall–Kier alpha value is -1.22. The van der Waals surface area contributed by atoms with Crippen LogP contribution in [-0.2, 0) is 11.2 Å². The zero-order chi connectivity index (χ0) is 12.3. The van der Waals surface area contributed by atoms with Crippen LogP contribution in [0.15, 0.2) is 36.9 Å². The van der Waals surface area contributed by atoms with Crippen molar-refractivity contribution in [1.29, 1.82) is 0 Å². The summed E-state index contributed by atoms with van der Waals surface area (Å²) in [6.07, 6.45) is 3.59. The summed E-state index contributed by atoms with van der Waals surface area (Å²) in [6, 6.07) is 8.63. The number of hydrogen-bond donors (Lipinski definition) is 0. The number of carbonyl (C=O) groups excluding carboxylic acids is 1.